The summed E-state index contributed by atoms with van der Waals surface area (Å²) >= 11 is 7.60. The molecule has 0 unspecified atom stereocenters. The molecular formula is C24H19ClN2O2S. The monoisotopic (exact) mass is 434 g/mol. The van der Waals surface area contributed by atoms with Crippen LogP contribution in [0.3, 0.4) is 0 Å². The number of nitrogens with zero attached hydrogens (tertiary/aromatic N) is 2. The van der Waals surface area contributed by atoms with Crippen molar-refractivity contribution < 1.29 is 9.53 Å². The third kappa shape index (κ3) is 4.13. The van der Waals surface area contributed by atoms with Gasteiger partial charge in [-0.2, -0.15) is 9.78 Å². The van der Waals surface area contributed by atoms with Gasteiger partial charge in [0, 0.05) is 21.0 Å². The number of methoxy groups -OCH3 is 1. The Balaban J connectivity index is 1.82. The highest BCUT2D eigenvalue weighted by atomic mass is 35.5. The summed E-state index contributed by atoms with van der Waals surface area (Å²) in [5.41, 5.74) is 3.03. The molecule has 1 aromatic heterocycles. The predicted molar refractivity (Wildman–Crippen MR) is 121 cm³/mol. The summed E-state index contributed by atoms with van der Waals surface area (Å²) in [5.74, 6) is 0.507. The van der Waals surface area contributed by atoms with Crippen LogP contribution in [-0.4, -0.2) is 22.8 Å². The third-order valence-corrected chi connectivity index (χ3v) is 6.07. The summed E-state index contributed by atoms with van der Waals surface area (Å²) in [6.45, 7) is 1.92. The standard InChI is InChI=1S/C24H19ClN2O2S/c1-16-23(30-21-14-10-19(25)11-15-21)22(17-6-4-3-5-7-17)27(26-16)24(28)18-8-12-20(29-2)13-9-18/h3-15H,1-2H3. The minimum absolute atomic E-state index is 0.192. The molecule has 0 atom stereocenters. The Kier molecular flexibility index (Phi) is 5.93. The van der Waals surface area contributed by atoms with Crippen LogP contribution in [0.1, 0.15) is 16.1 Å². The SMILES string of the molecule is COc1ccc(C(=O)n2nc(C)c(Sc3ccc(Cl)cc3)c2-c2ccccc2)cc1. The average Bonchev–Trinajstić information content (AvgIpc) is 3.11. The van der Waals surface area contributed by atoms with E-state index in [0.29, 0.717) is 16.3 Å². The van der Waals surface area contributed by atoms with E-state index in [0.717, 1.165) is 26.7 Å². The minimum atomic E-state index is -0.192. The lowest BCUT2D eigenvalue weighted by molar-refractivity contribution is 0.0946. The number of halogens is 1. The molecule has 0 fully saturated rings. The molecule has 0 aliphatic carbocycles. The van der Waals surface area contributed by atoms with E-state index in [4.69, 9.17) is 16.3 Å². The number of rotatable bonds is 5. The minimum Gasteiger partial charge on any atom is -0.497 e. The van der Waals surface area contributed by atoms with E-state index >= 15 is 0 Å². The number of hydrogen-bond donors (Lipinski definition) is 0. The summed E-state index contributed by atoms with van der Waals surface area (Å²) in [4.78, 5) is 15.3. The molecule has 0 N–H and O–H groups in total. The zero-order chi connectivity index (χ0) is 21.1. The molecule has 0 aliphatic heterocycles. The first-order chi connectivity index (χ1) is 14.6. The summed E-state index contributed by atoms with van der Waals surface area (Å²) in [5, 5.41) is 5.29. The van der Waals surface area contributed by atoms with Crippen molar-refractivity contribution in [3.05, 3.63) is 95.1 Å². The van der Waals surface area contributed by atoms with Gasteiger partial charge in [-0.15, -0.1) is 0 Å². The molecule has 0 radical (unpaired) electrons. The number of ether oxygens (including phenoxy) is 1. The van der Waals surface area contributed by atoms with Crippen molar-refractivity contribution in [2.24, 2.45) is 0 Å². The van der Waals surface area contributed by atoms with E-state index in [1.807, 2.05) is 61.5 Å². The largest absolute Gasteiger partial charge is 0.497 e. The Labute approximate surface area is 184 Å². The Morgan fingerprint density at radius 3 is 2.27 bits per heavy atom. The molecule has 1 heterocycles. The Morgan fingerprint density at radius 2 is 1.63 bits per heavy atom. The number of hydrogen-bond acceptors (Lipinski definition) is 4. The van der Waals surface area contributed by atoms with Crippen LogP contribution in [0.25, 0.3) is 11.3 Å². The first-order valence-corrected chi connectivity index (χ1v) is 10.5. The van der Waals surface area contributed by atoms with Gasteiger partial charge in [0.1, 0.15) is 5.75 Å². The molecule has 0 bridgehead atoms. The maximum Gasteiger partial charge on any atom is 0.278 e. The van der Waals surface area contributed by atoms with Gasteiger partial charge < -0.3 is 4.74 Å². The maximum absolute atomic E-state index is 13.3. The van der Waals surface area contributed by atoms with Crippen LogP contribution in [0, 0.1) is 6.92 Å². The van der Waals surface area contributed by atoms with Crippen LogP contribution in [0.15, 0.2) is 88.7 Å². The Hall–Kier alpha value is -3.02. The number of carbonyl (C=O) groups excluding carboxylic acids is 1. The molecule has 4 nitrogen and oxygen atoms in total. The van der Waals surface area contributed by atoms with Crippen molar-refractivity contribution in [2.75, 3.05) is 7.11 Å². The van der Waals surface area contributed by atoms with Crippen molar-refractivity contribution in [3.63, 3.8) is 0 Å². The lowest BCUT2D eigenvalue weighted by Crippen LogP contribution is -2.15. The highest BCUT2D eigenvalue weighted by Gasteiger charge is 2.23. The second-order valence-electron chi connectivity index (χ2n) is 6.63. The van der Waals surface area contributed by atoms with Crippen LogP contribution < -0.4 is 4.74 Å². The van der Waals surface area contributed by atoms with Crippen LogP contribution in [0.2, 0.25) is 5.02 Å². The van der Waals surface area contributed by atoms with Crippen LogP contribution in [0.4, 0.5) is 0 Å². The first-order valence-electron chi connectivity index (χ1n) is 9.34. The van der Waals surface area contributed by atoms with Crippen molar-refractivity contribution in [1.29, 1.82) is 0 Å². The van der Waals surface area contributed by atoms with E-state index in [9.17, 15) is 4.79 Å². The van der Waals surface area contributed by atoms with Gasteiger partial charge in [0.25, 0.3) is 5.91 Å². The number of aromatic nitrogens is 2. The normalized spacial score (nSPS) is 10.8. The molecule has 4 aromatic rings. The second kappa shape index (κ2) is 8.78. The molecule has 0 saturated heterocycles. The van der Waals surface area contributed by atoms with Crippen molar-refractivity contribution >= 4 is 29.3 Å². The first kappa shape index (κ1) is 20.3. The fourth-order valence-corrected chi connectivity index (χ4v) is 4.23. The van der Waals surface area contributed by atoms with Gasteiger partial charge >= 0.3 is 0 Å². The molecule has 6 heteroatoms. The molecule has 3 aromatic carbocycles. The summed E-state index contributed by atoms with van der Waals surface area (Å²) in [6, 6.07) is 24.5. The van der Waals surface area contributed by atoms with Crippen molar-refractivity contribution in [2.45, 2.75) is 16.7 Å². The number of benzene rings is 3. The number of carbonyl (C=O) groups is 1. The topological polar surface area (TPSA) is 44.1 Å². The van der Waals surface area contributed by atoms with Crippen LogP contribution >= 0.6 is 23.4 Å². The van der Waals surface area contributed by atoms with E-state index < -0.39 is 0 Å². The lowest BCUT2D eigenvalue weighted by Gasteiger charge is -2.10. The van der Waals surface area contributed by atoms with Crippen LogP contribution in [0.5, 0.6) is 5.75 Å². The van der Waals surface area contributed by atoms with Crippen LogP contribution in [-0.2, 0) is 0 Å². The Morgan fingerprint density at radius 1 is 0.967 bits per heavy atom. The van der Waals surface area contributed by atoms with Crippen molar-refractivity contribution in [3.8, 4) is 17.0 Å². The van der Waals surface area contributed by atoms with Gasteiger partial charge in [0.2, 0.25) is 0 Å². The highest BCUT2D eigenvalue weighted by molar-refractivity contribution is 7.99. The van der Waals surface area contributed by atoms with Gasteiger partial charge in [-0.25, -0.2) is 0 Å². The zero-order valence-electron chi connectivity index (χ0n) is 16.5. The molecule has 0 spiro atoms. The second-order valence-corrected chi connectivity index (χ2v) is 8.15. The predicted octanol–water partition coefficient (Wildman–Crippen LogP) is 6.36. The summed E-state index contributed by atoms with van der Waals surface area (Å²) in [6.07, 6.45) is 0. The molecule has 0 aliphatic rings. The van der Waals surface area contributed by atoms with E-state index in [2.05, 4.69) is 5.10 Å². The fourth-order valence-electron chi connectivity index (χ4n) is 3.11. The van der Waals surface area contributed by atoms with Gasteiger partial charge in [0.15, 0.2) is 0 Å². The van der Waals surface area contributed by atoms with Gasteiger partial charge in [-0.1, -0.05) is 53.7 Å². The summed E-state index contributed by atoms with van der Waals surface area (Å²) in [7, 11) is 1.60. The molecule has 0 amide bonds. The summed E-state index contributed by atoms with van der Waals surface area (Å²) < 4.78 is 6.69. The quantitative estimate of drug-likeness (QED) is 0.366. The van der Waals surface area contributed by atoms with Crippen molar-refractivity contribution in [1.82, 2.24) is 9.78 Å². The van der Waals surface area contributed by atoms with E-state index in [1.54, 1.807) is 43.1 Å². The third-order valence-electron chi connectivity index (χ3n) is 4.62. The van der Waals surface area contributed by atoms with Gasteiger partial charge in [-0.3, -0.25) is 4.79 Å². The Bertz CT molecular complexity index is 1170. The fraction of sp³-hybridized carbons (Fsp3) is 0.0833. The van der Waals surface area contributed by atoms with Gasteiger partial charge in [0.05, 0.1) is 23.4 Å². The van der Waals surface area contributed by atoms with E-state index in [1.165, 1.54) is 4.68 Å². The zero-order valence-corrected chi connectivity index (χ0v) is 18.1. The maximum atomic E-state index is 13.3. The number of aryl methyl sites for hydroxylation is 1. The highest BCUT2D eigenvalue weighted by Crippen LogP contribution is 2.39. The lowest BCUT2D eigenvalue weighted by atomic mass is 10.1. The molecule has 150 valence electrons. The van der Waals surface area contributed by atoms with Gasteiger partial charge in [-0.05, 0) is 55.5 Å². The van der Waals surface area contributed by atoms with E-state index in [-0.39, 0.29) is 5.91 Å². The smallest absolute Gasteiger partial charge is 0.278 e. The molecule has 4 rings (SSSR count). The average molecular weight is 435 g/mol. The molecular weight excluding hydrogens is 416 g/mol. The molecule has 0 saturated carbocycles. The molecule has 30 heavy (non-hydrogen) atoms.